The van der Waals surface area contributed by atoms with Crippen molar-refractivity contribution in [1.29, 1.82) is 0 Å². The van der Waals surface area contributed by atoms with E-state index < -0.39 is 0 Å². The fourth-order valence-electron chi connectivity index (χ4n) is 2.79. The van der Waals surface area contributed by atoms with Crippen molar-refractivity contribution in [2.45, 2.75) is 32.7 Å². The lowest BCUT2D eigenvalue weighted by atomic mass is 9.93. The van der Waals surface area contributed by atoms with Gasteiger partial charge in [-0.15, -0.1) is 0 Å². The number of carbonyl (C=O) groups is 1. The van der Waals surface area contributed by atoms with Crippen molar-refractivity contribution >= 4 is 11.6 Å². The number of carbonyl (C=O) groups excluding carboxylic acids is 1. The van der Waals surface area contributed by atoms with Gasteiger partial charge in [0, 0.05) is 31.7 Å². The van der Waals surface area contributed by atoms with Gasteiger partial charge in [0.05, 0.1) is 0 Å². The Morgan fingerprint density at radius 3 is 2.58 bits per heavy atom. The van der Waals surface area contributed by atoms with Crippen LogP contribution in [0.5, 0.6) is 0 Å². The highest BCUT2D eigenvalue weighted by Crippen LogP contribution is 2.26. The summed E-state index contributed by atoms with van der Waals surface area (Å²) >= 11 is 0. The number of primary amides is 1. The standard InChI is InChI=1S/C15H23N3O/c1-11-8-14(3-2-13(11)10-16)18-6-4-12(5-7-18)9-15(17)19/h2-3,8,12H,4-7,9-10,16H2,1H3,(H2,17,19). The number of amides is 1. The van der Waals surface area contributed by atoms with E-state index in [9.17, 15) is 4.79 Å². The maximum absolute atomic E-state index is 10.9. The summed E-state index contributed by atoms with van der Waals surface area (Å²) in [6, 6.07) is 6.46. The van der Waals surface area contributed by atoms with Crippen LogP contribution in [0, 0.1) is 12.8 Å². The molecule has 19 heavy (non-hydrogen) atoms. The Labute approximate surface area is 114 Å². The van der Waals surface area contributed by atoms with E-state index in [2.05, 4.69) is 30.0 Å². The van der Waals surface area contributed by atoms with E-state index in [1.54, 1.807) is 0 Å². The van der Waals surface area contributed by atoms with Crippen molar-refractivity contribution in [2.24, 2.45) is 17.4 Å². The molecule has 4 heteroatoms. The average molecular weight is 261 g/mol. The second kappa shape index (κ2) is 6.06. The van der Waals surface area contributed by atoms with Crippen LogP contribution in [0.4, 0.5) is 5.69 Å². The van der Waals surface area contributed by atoms with Gasteiger partial charge in [0.1, 0.15) is 0 Å². The largest absolute Gasteiger partial charge is 0.372 e. The molecule has 1 aromatic carbocycles. The molecule has 0 radical (unpaired) electrons. The minimum absolute atomic E-state index is 0.179. The number of piperidine rings is 1. The molecule has 1 aliphatic heterocycles. The van der Waals surface area contributed by atoms with Crippen molar-refractivity contribution in [3.8, 4) is 0 Å². The van der Waals surface area contributed by atoms with E-state index in [0.717, 1.165) is 25.9 Å². The third-order valence-electron chi connectivity index (χ3n) is 4.02. The van der Waals surface area contributed by atoms with Gasteiger partial charge in [-0.1, -0.05) is 6.07 Å². The van der Waals surface area contributed by atoms with Gasteiger partial charge in [0.15, 0.2) is 0 Å². The molecular formula is C15H23N3O. The summed E-state index contributed by atoms with van der Waals surface area (Å²) in [5.41, 5.74) is 14.7. The molecule has 0 unspecified atom stereocenters. The van der Waals surface area contributed by atoms with Gasteiger partial charge < -0.3 is 16.4 Å². The molecule has 4 N–H and O–H groups in total. The first-order valence-electron chi connectivity index (χ1n) is 6.93. The van der Waals surface area contributed by atoms with Crippen LogP contribution in [0.1, 0.15) is 30.4 Å². The fraction of sp³-hybridized carbons (Fsp3) is 0.533. The molecule has 1 aromatic rings. The van der Waals surface area contributed by atoms with Crippen molar-refractivity contribution in [3.63, 3.8) is 0 Å². The SMILES string of the molecule is Cc1cc(N2CCC(CC(N)=O)CC2)ccc1CN. The zero-order chi connectivity index (χ0) is 13.8. The van der Waals surface area contributed by atoms with Crippen molar-refractivity contribution < 1.29 is 4.79 Å². The zero-order valence-electron chi connectivity index (χ0n) is 11.6. The molecule has 4 nitrogen and oxygen atoms in total. The predicted octanol–water partition coefficient (Wildman–Crippen LogP) is 1.55. The number of hydrogen-bond donors (Lipinski definition) is 2. The molecular weight excluding hydrogens is 238 g/mol. The first kappa shape index (κ1) is 13.9. The maximum atomic E-state index is 10.9. The van der Waals surface area contributed by atoms with Gasteiger partial charge in [-0.05, 0) is 48.9 Å². The van der Waals surface area contributed by atoms with E-state index in [1.165, 1.54) is 16.8 Å². The van der Waals surface area contributed by atoms with Gasteiger partial charge in [-0.3, -0.25) is 4.79 Å². The number of anilines is 1. The van der Waals surface area contributed by atoms with Gasteiger partial charge in [-0.25, -0.2) is 0 Å². The van der Waals surface area contributed by atoms with Crippen molar-refractivity contribution in [3.05, 3.63) is 29.3 Å². The van der Waals surface area contributed by atoms with Crippen LogP contribution < -0.4 is 16.4 Å². The van der Waals surface area contributed by atoms with E-state index in [4.69, 9.17) is 11.5 Å². The predicted molar refractivity (Wildman–Crippen MR) is 77.8 cm³/mol. The highest BCUT2D eigenvalue weighted by Gasteiger charge is 2.20. The highest BCUT2D eigenvalue weighted by atomic mass is 16.1. The number of aryl methyl sites for hydroxylation is 1. The smallest absolute Gasteiger partial charge is 0.217 e. The van der Waals surface area contributed by atoms with E-state index >= 15 is 0 Å². The van der Waals surface area contributed by atoms with Crippen LogP contribution in [-0.4, -0.2) is 19.0 Å². The summed E-state index contributed by atoms with van der Waals surface area (Å²) in [6.45, 7) is 4.69. The Balaban J connectivity index is 1.97. The fourth-order valence-corrected chi connectivity index (χ4v) is 2.79. The number of nitrogens with zero attached hydrogens (tertiary/aromatic N) is 1. The maximum Gasteiger partial charge on any atom is 0.217 e. The van der Waals surface area contributed by atoms with Crippen molar-refractivity contribution in [2.75, 3.05) is 18.0 Å². The second-order valence-corrected chi connectivity index (χ2v) is 5.42. The Kier molecular flexibility index (Phi) is 4.43. The molecule has 0 atom stereocenters. The Morgan fingerprint density at radius 2 is 2.05 bits per heavy atom. The summed E-state index contributed by atoms with van der Waals surface area (Å²) in [5.74, 6) is 0.278. The van der Waals surface area contributed by atoms with Gasteiger partial charge in [0.2, 0.25) is 5.91 Å². The molecule has 1 saturated heterocycles. The normalized spacial score (nSPS) is 16.6. The molecule has 1 amide bonds. The molecule has 1 heterocycles. The van der Waals surface area contributed by atoms with Crippen LogP contribution in [0.2, 0.25) is 0 Å². The highest BCUT2D eigenvalue weighted by molar-refractivity contribution is 5.74. The lowest BCUT2D eigenvalue weighted by molar-refractivity contribution is -0.119. The summed E-state index contributed by atoms with van der Waals surface area (Å²) in [4.78, 5) is 13.3. The van der Waals surface area contributed by atoms with Crippen LogP contribution in [0.25, 0.3) is 0 Å². The van der Waals surface area contributed by atoms with E-state index in [0.29, 0.717) is 18.9 Å². The summed E-state index contributed by atoms with van der Waals surface area (Å²) in [6.07, 6.45) is 2.61. The molecule has 2 rings (SSSR count). The zero-order valence-corrected chi connectivity index (χ0v) is 11.6. The summed E-state index contributed by atoms with van der Waals surface area (Å²) in [5, 5.41) is 0. The molecule has 1 aliphatic rings. The lowest BCUT2D eigenvalue weighted by Crippen LogP contribution is -2.35. The Morgan fingerprint density at radius 1 is 1.37 bits per heavy atom. The third-order valence-corrected chi connectivity index (χ3v) is 4.02. The molecule has 0 spiro atoms. The average Bonchev–Trinajstić information content (AvgIpc) is 2.39. The van der Waals surface area contributed by atoms with E-state index in [-0.39, 0.29) is 5.91 Å². The van der Waals surface area contributed by atoms with E-state index in [1.807, 2.05) is 0 Å². The van der Waals surface area contributed by atoms with Crippen LogP contribution in [0.15, 0.2) is 18.2 Å². The molecule has 0 saturated carbocycles. The lowest BCUT2D eigenvalue weighted by Gasteiger charge is -2.33. The minimum Gasteiger partial charge on any atom is -0.372 e. The molecule has 104 valence electrons. The Hall–Kier alpha value is -1.55. The van der Waals surface area contributed by atoms with Crippen LogP contribution in [0.3, 0.4) is 0 Å². The number of benzene rings is 1. The minimum atomic E-state index is -0.179. The molecule has 0 aliphatic carbocycles. The quantitative estimate of drug-likeness (QED) is 0.863. The molecule has 1 fully saturated rings. The van der Waals surface area contributed by atoms with Gasteiger partial charge in [-0.2, -0.15) is 0 Å². The number of nitrogens with two attached hydrogens (primary N) is 2. The summed E-state index contributed by atoms with van der Waals surface area (Å²) in [7, 11) is 0. The number of rotatable bonds is 4. The topological polar surface area (TPSA) is 72.3 Å². The van der Waals surface area contributed by atoms with Gasteiger partial charge in [0.25, 0.3) is 0 Å². The molecule has 0 bridgehead atoms. The molecule has 0 aromatic heterocycles. The second-order valence-electron chi connectivity index (χ2n) is 5.42. The first-order chi connectivity index (χ1) is 9.10. The summed E-state index contributed by atoms with van der Waals surface area (Å²) < 4.78 is 0. The first-order valence-corrected chi connectivity index (χ1v) is 6.93. The van der Waals surface area contributed by atoms with Crippen LogP contribution in [-0.2, 0) is 11.3 Å². The van der Waals surface area contributed by atoms with Gasteiger partial charge >= 0.3 is 0 Å². The van der Waals surface area contributed by atoms with Crippen LogP contribution >= 0.6 is 0 Å². The monoisotopic (exact) mass is 261 g/mol. The van der Waals surface area contributed by atoms with Crippen molar-refractivity contribution in [1.82, 2.24) is 0 Å². The number of hydrogen-bond acceptors (Lipinski definition) is 3. The Bertz CT molecular complexity index is 451. The third kappa shape index (κ3) is 3.47.